The maximum Gasteiger partial charge on any atom is 0.145 e. The number of aromatic nitrogens is 1. The number of halogens is 1. The second-order valence-corrected chi connectivity index (χ2v) is 5.22. The minimum Gasteiger partial charge on any atom is -0.488 e. The Labute approximate surface area is 110 Å². The summed E-state index contributed by atoms with van der Waals surface area (Å²) >= 11 is 6.11. The third-order valence-electron chi connectivity index (χ3n) is 3.46. The first kappa shape index (κ1) is 11.8. The minimum atomic E-state index is -0.652. The largest absolute Gasteiger partial charge is 0.488 e. The Bertz CT molecular complexity index is 581. The molecule has 0 aliphatic heterocycles. The number of aliphatic hydroxyl groups is 1. The van der Waals surface area contributed by atoms with E-state index in [2.05, 4.69) is 4.98 Å². The molecule has 0 radical (unpaired) electrons. The van der Waals surface area contributed by atoms with Gasteiger partial charge in [0, 0.05) is 11.6 Å². The van der Waals surface area contributed by atoms with E-state index in [0.29, 0.717) is 17.4 Å². The number of fused-ring (bicyclic) bond motifs is 1. The molecular formula is C14H14ClNO2. The van der Waals surface area contributed by atoms with Crippen LogP contribution in [-0.4, -0.2) is 22.3 Å². The van der Waals surface area contributed by atoms with E-state index in [4.69, 9.17) is 16.3 Å². The van der Waals surface area contributed by atoms with E-state index in [0.717, 1.165) is 30.2 Å². The van der Waals surface area contributed by atoms with Gasteiger partial charge in [-0.3, -0.25) is 4.98 Å². The summed E-state index contributed by atoms with van der Waals surface area (Å²) in [6.07, 6.45) is 4.40. The van der Waals surface area contributed by atoms with E-state index in [1.807, 2.05) is 12.1 Å². The standard InChI is InChI=1S/C14H14ClNO2/c15-11-4-5-12(13-10(11)3-1-8-16-13)18-9-14(17)6-2-7-14/h1,3-5,8,17H,2,6-7,9H2. The normalized spacial score (nSPS) is 17.4. The lowest BCUT2D eigenvalue weighted by Crippen LogP contribution is -2.42. The third kappa shape index (κ3) is 2.04. The molecule has 1 aliphatic rings. The fourth-order valence-electron chi connectivity index (χ4n) is 2.17. The predicted octanol–water partition coefficient (Wildman–Crippen LogP) is 3.18. The molecule has 94 valence electrons. The summed E-state index contributed by atoms with van der Waals surface area (Å²) in [6.45, 7) is 0.320. The lowest BCUT2D eigenvalue weighted by atomic mass is 9.81. The van der Waals surface area contributed by atoms with Crippen LogP contribution in [0.4, 0.5) is 0 Å². The molecule has 1 N–H and O–H groups in total. The molecular weight excluding hydrogens is 250 g/mol. The molecule has 2 aromatic rings. The van der Waals surface area contributed by atoms with Gasteiger partial charge in [0.05, 0.1) is 10.6 Å². The number of hydrogen-bond donors (Lipinski definition) is 1. The fourth-order valence-corrected chi connectivity index (χ4v) is 2.39. The molecule has 1 fully saturated rings. The topological polar surface area (TPSA) is 42.4 Å². The number of ether oxygens (including phenoxy) is 1. The zero-order valence-electron chi connectivity index (χ0n) is 9.90. The zero-order valence-corrected chi connectivity index (χ0v) is 10.7. The second-order valence-electron chi connectivity index (χ2n) is 4.81. The van der Waals surface area contributed by atoms with E-state index in [9.17, 15) is 5.11 Å². The highest BCUT2D eigenvalue weighted by Gasteiger charge is 2.35. The third-order valence-corrected chi connectivity index (χ3v) is 3.79. The van der Waals surface area contributed by atoms with Gasteiger partial charge in [0.2, 0.25) is 0 Å². The van der Waals surface area contributed by atoms with Gasteiger partial charge < -0.3 is 9.84 Å². The molecule has 18 heavy (non-hydrogen) atoms. The highest BCUT2D eigenvalue weighted by Crippen LogP contribution is 2.34. The van der Waals surface area contributed by atoms with Gasteiger partial charge in [-0.1, -0.05) is 11.6 Å². The summed E-state index contributed by atoms with van der Waals surface area (Å²) in [5.41, 5.74) is 0.0914. The Morgan fingerprint density at radius 2 is 2.17 bits per heavy atom. The van der Waals surface area contributed by atoms with Crippen molar-refractivity contribution in [2.75, 3.05) is 6.61 Å². The van der Waals surface area contributed by atoms with Crippen molar-refractivity contribution in [3.8, 4) is 5.75 Å². The van der Waals surface area contributed by atoms with Crippen LogP contribution >= 0.6 is 11.6 Å². The number of nitrogens with zero attached hydrogens (tertiary/aromatic N) is 1. The Morgan fingerprint density at radius 1 is 1.33 bits per heavy atom. The monoisotopic (exact) mass is 263 g/mol. The van der Waals surface area contributed by atoms with Crippen LogP contribution in [0, 0.1) is 0 Å². The van der Waals surface area contributed by atoms with Gasteiger partial charge in [-0.2, -0.15) is 0 Å². The molecule has 0 saturated heterocycles. The Hall–Kier alpha value is -1.32. The first-order valence-electron chi connectivity index (χ1n) is 6.06. The van der Waals surface area contributed by atoms with Crippen molar-refractivity contribution in [2.45, 2.75) is 24.9 Å². The first-order chi connectivity index (χ1) is 8.68. The van der Waals surface area contributed by atoms with E-state index in [1.54, 1.807) is 18.3 Å². The zero-order chi connectivity index (χ0) is 12.6. The van der Waals surface area contributed by atoms with Crippen LogP contribution in [0.1, 0.15) is 19.3 Å². The smallest absolute Gasteiger partial charge is 0.145 e. The molecule has 0 bridgehead atoms. The molecule has 3 rings (SSSR count). The fraction of sp³-hybridized carbons (Fsp3) is 0.357. The van der Waals surface area contributed by atoms with Crippen LogP contribution in [0.2, 0.25) is 5.02 Å². The van der Waals surface area contributed by atoms with Crippen LogP contribution < -0.4 is 4.74 Å². The molecule has 0 atom stereocenters. The Balaban J connectivity index is 1.90. The van der Waals surface area contributed by atoms with Gasteiger partial charge in [0.15, 0.2) is 0 Å². The van der Waals surface area contributed by atoms with Crippen LogP contribution in [0.3, 0.4) is 0 Å². The molecule has 3 nitrogen and oxygen atoms in total. The first-order valence-corrected chi connectivity index (χ1v) is 6.44. The number of pyridine rings is 1. The van der Waals surface area contributed by atoms with Crippen LogP contribution in [-0.2, 0) is 0 Å². The molecule has 1 heterocycles. The molecule has 0 unspecified atom stereocenters. The van der Waals surface area contributed by atoms with Gasteiger partial charge >= 0.3 is 0 Å². The highest BCUT2D eigenvalue weighted by atomic mass is 35.5. The van der Waals surface area contributed by atoms with Crippen molar-refractivity contribution in [2.24, 2.45) is 0 Å². The lowest BCUT2D eigenvalue weighted by molar-refractivity contribution is -0.0660. The maximum atomic E-state index is 10.0. The summed E-state index contributed by atoms with van der Waals surface area (Å²) in [5, 5.41) is 11.6. The number of benzene rings is 1. The van der Waals surface area contributed by atoms with E-state index >= 15 is 0 Å². The molecule has 4 heteroatoms. The molecule has 0 amide bonds. The molecule has 1 saturated carbocycles. The summed E-state index contributed by atoms with van der Waals surface area (Å²) in [7, 11) is 0. The summed E-state index contributed by atoms with van der Waals surface area (Å²) in [4.78, 5) is 4.30. The highest BCUT2D eigenvalue weighted by molar-refractivity contribution is 6.35. The van der Waals surface area contributed by atoms with E-state index in [1.165, 1.54) is 0 Å². The van der Waals surface area contributed by atoms with Crippen molar-refractivity contribution in [3.63, 3.8) is 0 Å². The van der Waals surface area contributed by atoms with Crippen molar-refractivity contribution in [3.05, 3.63) is 35.5 Å². The van der Waals surface area contributed by atoms with Gasteiger partial charge in [0.25, 0.3) is 0 Å². The van der Waals surface area contributed by atoms with Gasteiger partial charge in [0.1, 0.15) is 17.9 Å². The molecule has 0 spiro atoms. The van der Waals surface area contributed by atoms with Crippen molar-refractivity contribution in [1.29, 1.82) is 0 Å². The Morgan fingerprint density at radius 3 is 2.89 bits per heavy atom. The molecule has 1 aromatic heterocycles. The maximum absolute atomic E-state index is 10.0. The van der Waals surface area contributed by atoms with Crippen LogP contribution in [0.15, 0.2) is 30.5 Å². The quantitative estimate of drug-likeness (QED) is 0.925. The van der Waals surface area contributed by atoms with Gasteiger partial charge in [-0.05, 0) is 43.5 Å². The van der Waals surface area contributed by atoms with Crippen molar-refractivity contribution >= 4 is 22.5 Å². The molecule has 1 aromatic carbocycles. The average molecular weight is 264 g/mol. The second kappa shape index (κ2) is 4.41. The van der Waals surface area contributed by atoms with Crippen LogP contribution in [0.25, 0.3) is 10.9 Å². The lowest BCUT2D eigenvalue weighted by Gasteiger charge is -2.36. The predicted molar refractivity (Wildman–Crippen MR) is 71.0 cm³/mol. The van der Waals surface area contributed by atoms with Crippen molar-refractivity contribution < 1.29 is 9.84 Å². The molecule has 1 aliphatic carbocycles. The van der Waals surface area contributed by atoms with Gasteiger partial charge in [-0.15, -0.1) is 0 Å². The summed E-state index contributed by atoms with van der Waals surface area (Å²) in [5.74, 6) is 0.676. The minimum absolute atomic E-state index is 0.320. The van der Waals surface area contributed by atoms with Gasteiger partial charge in [-0.25, -0.2) is 0 Å². The van der Waals surface area contributed by atoms with E-state index in [-0.39, 0.29) is 0 Å². The van der Waals surface area contributed by atoms with Crippen LogP contribution in [0.5, 0.6) is 5.75 Å². The van der Waals surface area contributed by atoms with Crippen molar-refractivity contribution in [1.82, 2.24) is 4.98 Å². The summed E-state index contributed by atoms with van der Waals surface area (Å²) < 4.78 is 5.71. The SMILES string of the molecule is OC1(COc2ccc(Cl)c3cccnc23)CCC1. The number of rotatable bonds is 3. The average Bonchev–Trinajstić information content (AvgIpc) is 2.36. The van der Waals surface area contributed by atoms with E-state index < -0.39 is 5.60 Å². The summed E-state index contributed by atoms with van der Waals surface area (Å²) in [6, 6.07) is 7.36. The Kier molecular flexibility index (Phi) is 2.88. The number of hydrogen-bond acceptors (Lipinski definition) is 3.